The van der Waals surface area contributed by atoms with Gasteiger partial charge in [-0.05, 0) is 92.4 Å². The molecule has 0 bridgehead atoms. The third-order valence-corrected chi connectivity index (χ3v) is 8.63. The van der Waals surface area contributed by atoms with Crippen LogP contribution in [0.15, 0.2) is 54.6 Å². The molecule has 3 aromatic carbocycles. The van der Waals surface area contributed by atoms with Gasteiger partial charge in [-0.1, -0.05) is 0 Å². The van der Waals surface area contributed by atoms with Gasteiger partial charge in [0.05, 0.1) is 5.56 Å². The lowest BCUT2D eigenvalue weighted by Crippen LogP contribution is -2.28. The highest BCUT2D eigenvalue weighted by molar-refractivity contribution is 7.21. The summed E-state index contributed by atoms with van der Waals surface area (Å²) in [4.78, 5) is 27.8. The number of likely N-dealkylation sites (tertiary alicyclic amines) is 1. The highest BCUT2D eigenvalue weighted by Crippen LogP contribution is 2.43. The van der Waals surface area contributed by atoms with E-state index in [1.54, 1.807) is 44.2 Å². The van der Waals surface area contributed by atoms with Crippen molar-refractivity contribution >= 4 is 33.2 Å². The number of carboxylic acid groups (broad SMARTS) is 1. The van der Waals surface area contributed by atoms with E-state index in [4.69, 9.17) is 9.47 Å². The number of carboxylic acids is 1. The normalized spacial score (nSPS) is 20.6. The van der Waals surface area contributed by atoms with E-state index in [0.717, 1.165) is 24.3 Å². The number of hydrogen-bond donors (Lipinski definition) is 1. The van der Waals surface area contributed by atoms with Crippen molar-refractivity contribution in [3.63, 3.8) is 0 Å². The number of halogens is 2. The summed E-state index contributed by atoms with van der Waals surface area (Å²) in [7, 11) is 0. The number of benzene rings is 3. The van der Waals surface area contributed by atoms with Gasteiger partial charge >= 0.3 is 5.97 Å². The van der Waals surface area contributed by atoms with Gasteiger partial charge in [-0.3, -0.25) is 9.69 Å². The molecule has 0 radical (unpaired) electrons. The Morgan fingerprint density at radius 2 is 1.70 bits per heavy atom. The zero-order valence-corrected chi connectivity index (χ0v) is 22.8. The molecule has 40 heavy (non-hydrogen) atoms. The molecule has 1 saturated heterocycles. The Balaban J connectivity index is 1.29. The molecule has 1 N–H and O–H groups in total. The molecule has 206 valence electrons. The number of carbonyl (C=O) groups excluding carboxylic acids is 1. The van der Waals surface area contributed by atoms with E-state index in [-0.39, 0.29) is 23.5 Å². The van der Waals surface area contributed by atoms with Crippen LogP contribution in [0.3, 0.4) is 0 Å². The Hall–Kier alpha value is -3.82. The SMILES string of the molecule is Cc1cc(F)cc(C)c1C(=O)c1sc2cc(C(=O)O)ccc2c1Oc1ccc(O[C@H]2CCN(C3CC3F)C2)cc1. The highest BCUT2D eigenvalue weighted by Gasteiger charge is 2.45. The van der Waals surface area contributed by atoms with Crippen LogP contribution < -0.4 is 9.47 Å². The maximum atomic E-state index is 13.9. The second-order valence-electron chi connectivity index (χ2n) is 10.4. The minimum absolute atomic E-state index is 0.00442. The van der Waals surface area contributed by atoms with Crippen molar-refractivity contribution < 1.29 is 33.0 Å². The Labute approximate surface area is 233 Å². The third-order valence-electron chi connectivity index (χ3n) is 7.50. The molecule has 1 aliphatic carbocycles. The van der Waals surface area contributed by atoms with E-state index < -0.39 is 18.0 Å². The van der Waals surface area contributed by atoms with E-state index in [1.165, 1.54) is 24.3 Å². The number of aromatic carboxylic acids is 1. The first-order chi connectivity index (χ1) is 19.2. The number of rotatable bonds is 8. The Kier molecular flexibility index (Phi) is 6.80. The summed E-state index contributed by atoms with van der Waals surface area (Å²) < 4.78 is 40.3. The summed E-state index contributed by atoms with van der Waals surface area (Å²) in [6.45, 7) is 4.90. The molecule has 1 saturated carbocycles. The fourth-order valence-corrected chi connectivity index (χ4v) is 6.53. The van der Waals surface area contributed by atoms with Crippen molar-refractivity contribution in [2.45, 2.75) is 45.0 Å². The fourth-order valence-electron chi connectivity index (χ4n) is 5.42. The molecule has 1 aliphatic heterocycles. The summed E-state index contributed by atoms with van der Waals surface area (Å²) in [5, 5.41) is 10.1. The number of carbonyl (C=O) groups is 2. The number of hydrogen-bond acceptors (Lipinski definition) is 6. The van der Waals surface area contributed by atoms with Gasteiger partial charge in [0.25, 0.3) is 0 Å². The molecule has 2 heterocycles. The largest absolute Gasteiger partial charge is 0.489 e. The van der Waals surface area contributed by atoms with E-state index in [2.05, 4.69) is 4.90 Å². The number of ether oxygens (including phenoxy) is 2. The molecule has 6 nitrogen and oxygen atoms in total. The minimum atomic E-state index is -1.07. The summed E-state index contributed by atoms with van der Waals surface area (Å²) in [5.74, 6) is -0.352. The molecular formula is C31H27F2NO5S. The maximum absolute atomic E-state index is 13.9. The molecule has 1 aromatic heterocycles. The van der Waals surface area contributed by atoms with Crippen molar-refractivity contribution in [3.8, 4) is 17.2 Å². The Morgan fingerprint density at radius 1 is 1.02 bits per heavy atom. The van der Waals surface area contributed by atoms with E-state index in [9.17, 15) is 23.5 Å². The summed E-state index contributed by atoms with van der Waals surface area (Å²) in [6.07, 6.45) is 0.731. The highest BCUT2D eigenvalue weighted by atomic mass is 32.1. The van der Waals surface area contributed by atoms with Crippen LogP contribution in [0.2, 0.25) is 0 Å². The van der Waals surface area contributed by atoms with Crippen LogP contribution in [0, 0.1) is 19.7 Å². The number of alkyl halides is 1. The van der Waals surface area contributed by atoms with Gasteiger partial charge in [-0.25, -0.2) is 13.6 Å². The van der Waals surface area contributed by atoms with Crippen molar-refractivity contribution in [2.24, 2.45) is 0 Å². The van der Waals surface area contributed by atoms with Gasteiger partial charge in [0.1, 0.15) is 34.5 Å². The molecule has 9 heteroatoms. The van der Waals surface area contributed by atoms with E-state index in [1.807, 2.05) is 0 Å². The van der Waals surface area contributed by atoms with Gasteiger partial charge < -0.3 is 14.6 Å². The van der Waals surface area contributed by atoms with Crippen LogP contribution >= 0.6 is 11.3 Å². The molecule has 6 rings (SSSR count). The number of aryl methyl sites for hydroxylation is 2. The van der Waals surface area contributed by atoms with Gasteiger partial charge in [0.2, 0.25) is 5.78 Å². The average molecular weight is 564 g/mol. The molecule has 2 fully saturated rings. The van der Waals surface area contributed by atoms with Gasteiger partial charge in [0, 0.05) is 34.8 Å². The Bertz CT molecular complexity index is 1610. The van der Waals surface area contributed by atoms with Crippen molar-refractivity contribution in [1.82, 2.24) is 4.90 Å². The van der Waals surface area contributed by atoms with Gasteiger partial charge in [0.15, 0.2) is 5.75 Å². The number of ketones is 1. The third kappa shape index (κ3) is 5.07. The Morgan fingerprint density at radius 3 is 2.35 bits per heavy atom. The van der Waals surface area contributed by atoms with Crippen LogP contribution in [-0.4, -0.2) is 53.2 Å². The van der Waals surface area contributed by atoms with Crippen LogP contribution in [0.25, 0.3) is 10.1 Å². The maximum Gasteiger partial charge on any atom is 0.335 e. The number of fused-ring (bicyclic) bond motifs is 1. The van der Waals surface area contributed by atoms with Crippen molar-refractivity contribution in [3.05, 3.63) is 87.5 Å². The molecule has 2 unspecified atom stereocenters. The van der Waals surface area contributed by atoms with Crippen LogP contribution in [0.5, 0.6) is 17.2 Å². The predicted octanol–water partition coefficient (Wildman–Crippen LogP) is 6.94. The van der Waals surface area contributed by atoms with Crippen LogP contribution in [0.1, 0.15) is 49.6 Å². The molecule has 2 aliphatic rings. The quantitative estimate of drug-likeness (QED) is 0.234. The first-order valence-electron chi connectivity index (χ1n) is 13.1. The lowest BCUT2D eigenvalue weighted by molar-refractivity contribution is 0.0696. The van der Waals surface area contributed by atoms with E-state index in [0.29, 0.717) is 61.9 Å². The second kappa shape index (κ2) is 10.3. The number of thiophene rings is 1. The number of nitrogens with zero attached hydrogens (tertiary/aromatic N) is 1. The monoisotopic (exact) mass is 563 g/mol. The van der Waals surface area contributed by atoms with Crippen molar-refractivity contribution in [1.29, 1.82) is 0 Å². The topological polar surface area (TPSA) is 76.1 Å². The van der Waals surface area contributed by atoms with Gasteiger partial charge in [-0.15, -0.1) is 11.3 Å². The zero-order valence-electron chi connectivity index (χ0n) is 21.9. The fraction of sp³-hybridized carbons (Fsp3) is 0.290. The average Bonchev–Trinajstić information content (AvgIpc) is 3.29. The van der Waals surface area contributed by atoms with Crippen molar-refractivity contribution in [2.75, 3.05) is 13.1 Å². The molecular weight excluding hydrogens is 536 g/mol. The predicted molar refractivity (Wildman–Crippen MR) is 149 cm³/mol. The molecule has 0 amide bonds. The summed E-state index contributed by atoms with van der Waals surface area (Å²) in [5.41, 5.74) is 1.50. The first kappa shape index (κ1) is 26.4. The summed E-state index contributed by atoms with van der Waals surface area (Å²) in [6, 6.07) is 14.4. The summed E-state index contributed by atoms with van der Waals surface area (Å²) >= 11 is 1.14. The smallest absolute Gasteiger partial charge is 0.335 e. The van der Waals surface area contributed by atoms with Gasteiger partial charge in [-0.2, -0.15) is 0 Å². The second-order valence-corrected chi connectivity index (χ2v) is 11.5. The molecule has 4 aromatic rings. The van der Waals surface area contributed by atoms with E-state index >= 15 is 0 Å². The minimum Gasteiger partial charge on any atom is -0.489 e. The lowest BCUT2D eigenvalue weighted by atomic mass is 9.97. The zero-order chi connectivity index (χ0) is 28.1. The van der Waals surface area contributed by atoms with Crippen LogP contribution in [0.4, 0.5) is 8.78 Å². The lowest BCUT2D eigenvalue weighted by Gasteiger charge is -2.16. The van der Waals surface area contributed by atoms with Crippen LogP contribution in [-0.2, 0) is 0 Å². The molecule has 0 spiro atoms. The standard InChI is InChI=1S/C31H27F2NO5S/c1-16-11-19(32)12-17(2)27(16)28(35)30-29(23-8-3-18(31(36)37)13-26(23)40-30)39-21-6-4-20(5-7-21)38-22-9-10-34(15-22)25-14-24(25)33/h3-8,11-13,22,24-25H,9-10,14-15H2,1-2H3,(H,36,37)/t22-,24?,25?/m0/s1. The first-order valence-corrected chi connectivity index (χ1v) is 13.9. The molecule has 3 atom stereocenters.